The van der Waals surface area contributed by atoms with Crippen molar-refractivity contribution in [3.8, 4) is 0 Å². The molecule has 1 aliphatic heterocycles. The van der Waals surface area contributed by atoms with Crippen LogP contribution < -0.4 is 10.2 Å². The van der Waals surface area contributed by atoms with Gasteiger partial charge in [0.25, 0.3) is 5.69 Å². The summed E-state index contributed by atoms with van der Waals surface area (Å²) < 4.78 is 2.88. The van der Waals surface area contributed by atoms with E-state index in [1.807, 2.05) is 16.7 Å². The van der Waals surface area contributed by atoms with Crippen molar-refractivity contribution < 1.29 is 9.72 Å². The molecule has 1 aromatic heterocycles. The Balaban J connectivity index is 1.32. The van der Waals surface area contributed by atoms with Crippen molar-refractivity contribution in [1.82, 2.24) is 9.88 Å². The van der Waals surface area contributed by atoms with Crippen LogP contribution in [-0.2, 0) is 11.3 Å². The van der Waals surface area contributed by atoms with Gasteiger partial charge in [-0.25, -0.2) is 0 Å². The third-order valence-electron chi connectivity index (χ3n) is 5.33. The molecule has 7 nitrogen and oxygen atoms in total. The minimum absolute atomic E-state index is 0.0518. The predicted molar refractivity (Wildman–Crippen MR) is 116 cm³/mol. The molecule has 1 fully saturated rings. The van der Waals surface area contributed by atoms with Crippen molar-refractivity contribution in [2.45, 2.75) is 13.0 Å². The Morgan fingerprint density at radius 1 is 1.24 bits per heavy atom. The summed E-state index contributed by atoms with van der Waals surface area (Å²) in [5.41, 5.74) is 2.06. The van der Waals surface area contributed by atoms with E-state index in [-0.39, 0.29) is 18.1 Å². The second kappa shape index (κ2) is 8.24. The van der Waals surface area contributed by atoms with Crippen LogP contribution in [0.4, 0.5) is 11.4 Å². The van der Waals surface area contributed by atoms with Crippen molar-refractivity contribution >= 4 is 44.1 Å². The van der Waals surface area contributed by atoms with E-state index in [1.165, 1.54) is 17.8 Å². The van der Waals surface area contributed by atoms with E-state index in [0.717, 1.165) is 34.9 Å². The smallest absolute Gasteiger partial charge is 0.270 e. The quantitative estimate of drug-likeness (QED) is 0.449. The molecule has 1 saturated heterocycles. The summed E-state index contributed by atoms with van der Waals surface area (Å²) in [5, 5.41) is 14.7. The molecule has 8 heteroatoms. The second-order valence-corrected chi connectivity index (χ2v) is 8.24. The Hall–Kier alpha value is -2.87. The van der Waals surface area contributed by atoms with E-state index in [0.29, 0.717) is 12.5 Å². The number of halogens is 1. The number of aromatic nitrogens is 1. The largest absolute Gasteiger partial charge is 0.371 e. The lowest BCUT2D eigenvalue weighted by molar-refractivity contribution is -0.384. The molecule has 1 aliphatic rings. The summed E-state index contributed by atoms with van der Waals surface area (Å²) in [4.78, 5) is 25.2. The maximum absolute atomic E-state index is 12.4. The van der Waals surface area contributed by atoms with Gasteiger partial charge in [0.15, 0.2) is 0 Å². The van der Waals surface area contributed by atoms with Gasteiger partial charge in [0.1, 0.15) is 6.54 Å². The number of anilines is 1. The number of benzene rings is 2. The molecule has 1 unspecified atom stereocenters. The van der Waals surface area contributed by atoms with E-state index >= 15 is 0 Å². The number of rotatable bonds is 6. The van der Waals surface area contributed by atoms with Crippen molar-refractivity contribution in [1.29, 1.82) is 0 Å². The van der Waals surface area contributed by atoms with Gasteiger partial charge in [-0.2, -0.15) is 0 Å². The first-order chi connectivity index (χ1) is 14.0. The van der Waals surface area contributed by atoms with Gasteiger partial charge in [0.2, 0.25) is 5.91 Å². The van der Waals surface area contributed by atoms with Crippen LogP contribution in [0.1, 0.15) is 6.42 Å². The van der Waals surface area contributed by atoms with Gasteiger partial charge < -0.3 is 14.8 Å². The van der Waals surface area contributed by atoms with Crippen LogP contribution in [0.3, 0.4) is 0 Å². The fourth-order valence-electron chi connectivity index (χ4n) is 3.81. The van der Waals surface area contributed by atoms with E-state index in [1.54, 1.807) is 18.3 Å². The highest BCUT2D eigenvalue weighted by Crippen LogP contribution is 2.26. The first kappa shape index (κ1) is 19.4. The number of hydrogen-bond donors (Lipinski definition) is 1. The Morgan fingerprint density at radius 2 is 2.10 bits per heavy atom. The molecule has 4 rings (SSSR count). The van der Waals surface area contributed by atoms with Crippen LogP contribution in [0, 0.1) is 16.0 Å². The fourth-order valence-corrected chi connectivity index (χ4v) is 4.20. The zero-order valence-corrected chi connectivity index (χ0v) is 17.3. The normalized spacial score (nSPS) is 16.3. The summed E-state index contributed by atoms with van der Waals surface area (Å²) in [6, 6.07) is 14.7. The molecule has 0 aliphatic carbocycles. The molecular formula is C21H21BrN4O3. The van der Waals surface area contributed by atoms with Gasteiger partial charge in [-0.05, 0) is 42.7 Å². The van der Waals surface area contributed by atoms with Crippen LogP contribution in [0.5, 0.6) is 0 Å². The topological polar surface area (TPSA) is 80.4 Å². The molecule has 1 atom stereocenters. The first-order valence-electron chi connectivity index (χ1n) is 9.50. The maximum Gasteiger partial charge on any atom is 0.270 e. The highest BCUT2D eigenvalue weighted by molar-refractivity contribution is 9.10. The molecule has 150 valence electrons. The molecule has 1 amide bonds. The average Bonchev–Trinajstić information content (AvgIpc) is 3.33. The zero-order chi connectivity index (χ0) is 20.4. The molecule has 0 bridgehead atoms. The van der Waals surface area contributed by atoms with Crippen molar-refractivity contribution in [2.75, 3.05) is 24.5 Å². The second-order valence-electron chi connectivity index (χ2n) is 7.33. The molecule has 29 heavy (non-hydrogen) atoms. The number of fused-ring (bicyclic) bond motifs is 1. The average molecular weight is 457 g/mol. The Kier molecular flexibility index (Phi) is 5.53. The first-order valence-corrected chi connectivity index (χ1v) is 10.3. The number of amides is 1. The third-order valence-corrected chi connectivity index (χ3v) is 5.82. The summed E-state index contributed by atoms with van der Waals surface area (Å²) in [7, 11) is 0. The zero-order valence-electron chi connectivity index (χ0n) is 15.8. The lowest BCUT2D eigenvalue weighted by Gasteiger charge is -2.19. The Bertz CT molecular complexity index is 1070. The number of hydrogen-bond acceptors (Lipinski definition) is 4. The Morgan fingerprint density at radius 3 is 2.90 bits per heavy atom. The predicted octanol–water partition coefficient (Wildman–Crippen LogP) is 3.95. The summed E-state index contributed by atoms with van der Waals surface area (Å²) >= 11 is 3.51. The van der Waals surface area contributed by atoms with Crippen LogP contribution in [0.25, 0.3) is 10.9 Å². The number of carbonyl (C=O) groups is 1. The maximum atomic E-state index is 12.4. The van der Waals surface area contributed by atoms with Crippen LogP contribution in [0.15, 0.2) is 59.2 Å². The van der Waals surface area contributed by atoms with Crippen molar-refractivity contribution in [3.63, 3.8) is 0 Å². The number of non-ortho nitro benzene ring substituents is 1. The number of nitro groups is 1. The number of carbonyl (C=O) groups excluding carboxylic acids is 1. The number of nitro benzene ring substituents is 1. The highest BCUT2D eigenvalue weighted by Gasteiger charge is 2.23. The molecule has 1 N–H and O–H groups in total. The molecule has 3 aromatic rings. The van der Waals surface area contributed by atoms with Gasteiger partial charge in [-0.3, -0.25) is 14.9 Å². The molecule has 2 heterocycles. The highest BCUT2D eigenvalue weighted by atomic mass is 79.9. The minimum Gasteiger partial charge on any atom is -0.371 e. The third kappa shape index (κ3) is 4.42. The molecule has 0 radical (unpaired) electrons. The molecular weight excluding hydrogens is 436 g/mol. The van der Waals surface area contributed by atoms with Crippen molar-refractivity contribution in [2.24, 2.45) is 5.92 Å². The van der Waals surface area contributed by atoms with Gasteiger partial charge in [0, 0.05) is 59.0 Å². The Labute approximate surface area is 176 Å². The number of nitrogens with one attached hydrogen (secondary N) is 1. The van der Waals surface area contributed by atoms with E-state index in [2.05, 4.69) is 38.3 Å². The van der Waals surface area contributed by atoms with Gasteiger partial charge >= 0.3 is 0 Å². The lowest BCUT2D eigenvalue weighted by Crippen LogP contribution is -2.33. The molecule has 0 saturated carbocycles. The SMILES string of the molecule is O=C(Cn1ccc2cc([N+](=O)[O-])ccc21)NCC1CCN(c2cccc(Br)c2)C1. The lowest BCUT2D eigenvalue weighted by atomic mass is 10.1. The van der Waals surface area contributed by atoms with Crippen molar-refractivity contribution in [3.05, 3.63) is 69.3 Å². The summed E-state index contributed by atoms with van der Waals surface area (Å²) in [6.45, 7) is 2.75. The minimum atomic E-state index is -0.414. The monoisotopic (exact) mass is 456 g/mol. The van der Waals surface area contributed by atoms with Crippen LogP contribution in [0.2, 0.25) is 0 Å². The summed E-state index contributed by atoms with van der Waals surface area (Å²) in [5.74, 6) is 0.365. The van der Waals surface area contributed by atoms with Crippen LogP contribution in [-0.4, -0.2) is 35.0 Å². The summed E-state index contributed by atoms with van der Waals surface area (Å²) in [6.07, 6.45) is 2.83. The van der Waals surface area contributed by atoms with Gasteiger partial charge in [-0.1, -0.05) is 22.0 Å². The molecule has 0 spiro atoms. The van der Waals surface area contributed by atoms with Crippen LogP contribution >= 0.6 is 15.9 Å². The van der Waals surface area contributed by atoms with Gasteiger partial charge in [-0.15, -0.1) is 0 Å². The molecule has 2 aromatic carbocycles. The standard InChI is InChI=1S/C21H21BrN4O3/c22-17-2-1-3-18(11-17)24-8-6-15(13-24)12-23-21(27)14-25-9-7-16-10-19(26(28)29)4-5-20(16)25/h1-5,7,9-11,15H,6,8,12-14H2,(H,23,27). The van der Waals surface area contributed by atoms with E-state index in [9.17, 15) is 14.9 Å². The number of nitrogens with zero attached hydrogens (tertiary/aromatic N) is 3. The fraction of sp³-hybridized carbons (Fsp3) is 0.286. The van der Waals surface area contributed by atoms with E-state index in [4.69, 9.17) is 0 Å². The van der Waals surface area contributed by atoms with E-state index < -0.39 is 4.92 Å². The van der Waals surface area contributed by atoms with Gasteiger partial charge in [0.05, 0.1) is 4.92 Å².